The van der Waals surface area contributed by atoms with E-state index in [1.807, 2.05) is 66.9 Å². The number of ether oxygens (including phenoxy) is 1. The molecule has 0 radical (unpaired) electrons. The first-order valence-corrected chi connectivity index (χ1v) is 10.1. The lowest BCUT2D eigenvalue weighted by molar-refractivity contribution is 0.320. The van der Waals surface area contributed by atoms with Gasteiger partial charge in [-0.3, -0.25) is 4.98 Å². The number of nitrogens with two attached hydrogens (primary N) is 1. The SMILES string of the molecule is CCc1ccc(CCOc2ccc(-c3cc(-c4ccccc4)nc(N)n3)cc2)nc1. The number of aryl methyl sites for hydroxylation is 1. The van der Waals surface area contributed by atoms with E-state index in [1.165, 1.54) is 5.56 Å². The Bertz CT molecular complexity index is 1090. The van der Waals surface area contributed by atoms with Crippen molar-refractivity contribution in [1.29, 1.82) is 0 Å². The van der Waals surface area contributed by atoms with E-state index < -0.39 is 0 Å². The molecule has 0 aliphatic heterocycles. The lowest BCUT2D eigenvalue weighted by Gasteiger charge is -2.09. The maximum atomic E-state index is 5.95. The lowest BCUT2D eigenvalue weighted by Crippen LogP contribution is -2.03. The molecule has 4 rings (SSSR count). The Balaban J connectivity index is 1.42. The molecule has 0 atom stereocenters. The van der Waals surface area contributed by atoms with E-state index >= 15 is 0 Å². The van der Waals surface area contributed by atoms with E-state index in [9.17, 15) is 0 Å². The van der Waals surface area contributed by atoms with E-state index in [-0.39, 0.29) is 5.95 Å². The molecule has 0 spiro atoms. The summed E-state index contributed by atoms with van der Waals surface area (Å²) in [7, 11) is 0. The van der Waals surface area contributed by atoms with Crippen LogP contribution in [0.2, 0.25) is 0 Å². The Morgan fingerprint density at radius 2 is 1.53 bits per heavy atom. The van der Waals surface area contributed by atoms with Crippen molar-refractivity contribution < 1.29 is 4.74 Å². The molecule has 0 unspecified atom stereocenters. The Kier molecular flexibility index (Phi) is 5.99. The average Bonchev–Trinajstić information content (AvgIpc) is 2.80. The number of rotatable bonds is 7. The molecular weight excluding hydrogens is 372 g/mol. The minimum Gasteiger partial charge on any atom is -0.493 e. The molecule has 2 heterocycles. The van der Waals surface area contributed by atoms with Crippen molar-refractivity contribution in [2.24, 2.45) is 0 Å². The summed E-state index contributed by atoms with van der Waals surface area (Å²) >= 11 is 0. The van der Waals surface area contributed by atoms with Crippen LogP contribution in [0.25, 0.3) is 22.5 Å². The number of benzene rings is 2. The zero-order chi connectivity index (χ0) is 20.8. The number of hydrogen-bond donors (Lipinski definition) is 1. The van der Waals surface area contributed by atoms with Gasteiger partial charge >= 0.3 is 0 Å². The Hall–Kier alpha value is -3.73. The standard InChI is InChI=1S/C25H24N4O/c1-2-18-8-11-21(27-17-18)14-15-30-22-12-9-20(10-13-22)24-16-23(28-25(26)29-24)19-6-4-3-5-7-19/h3-13,16-17H,2,14-15H2,1H3,(H2,26,28,29). The molecule has 5 nitrogen and oxygen atoms in total. The first-order chi connectivity index (χ1) is 14.7. The number of pyridine rings is 1. The molecule has 2 aromatic carbocycles. The molecule has 0 fully saturated rings. The minimum absolute atomic E-state index is 0.258. The van der Waals surface area contributed by atoms with Crippen LogP contribution in [-0.2, 0) is 12.8 Å². The average molecular weight is 396 g/mol. The number of aromatic nitrogens is 3. The highest BCUT2D eigenvalue weighted by molar-refractivity contribution is 5.69. The lowest BCUT2D eigenvalue weighted by atomic mass is 10.1. The van der Waals surface area contributed by atoms with Gasteiger partial charge in [-0.15, -0.1) is 0 Å². The van der Waals surface area contributed by atoms with Crippen LogP contribution in [0.5, 0.6) is 5.75 Å². The number of hydrogen-bond acceptors (Lipinski definition) is 5. The molecule has 5 heteroatoms. The van der Waals surface area contributed by atoms with Crippen molar-refractivity contribution in [3.05, 3.63) is 90.3 Å². The number of nitrogens with zero attached hydrogens (tertiary/aromatic N) is 3. The second-order valence-corrected chi connectivity index (χ2v) is 7.00. The highest BCUT2D eigenvalue weighted by Crippen LogP contribution is 2.26. The predicted octanol–water partition coefficient (Wildman–Crippen LogP) is 4.97. The predicted molar refractivity (Wildman–Crippen MR) is 120 cm³/mol. The van der Waals surface area contributed by atoms with Crippen LogP contribution in [0.4, 0.5) is 5.95 Å². The molecule has 0 aliphatic rings. The van der Waals surface area contributed by atoms with Gasteiger partial charge in [0.25, 0.3) is 0 Å². The maximum Gasteiger partial charge on any atom is 0.221 e. The molecule has 30 heavy (non-hydrogen) atoms. The van der Waals surface area contributed by atoms with Crippen molar-refractivity contribution in [1.82, 2.24) is 15.0 Å². The molecule has 150 valence electrons. The van der Waals surface area contributed by atoms with E-state index in [2.05, 4.69) is 34.0 Å². The molecule has 0 amide bonds. The fourth-order valence-corrected chi connectivity index (χ4v) is 3.18. The molecule has 0 saturated carbocycles. The van der Waals surface area contributed by atoms with Gasteiger partial charge in [-0.1, -0.05) is 43.3 Å². The van der Waals surface area contributed by atoms with Gasteiger partial charge in [-0.2, -0.15) is 0 Å². The van der Waals surface area contributed by atoms with E-state index in [4.69, 9.17) is 10.5 Å². The molecule has 2 N–H and O–H groups in total. The summed E-state index contributed by atoms with van der Waals surface area (Å²) in [6, 6.07) is 24.0. The molecule has 0 aliphatic carbocycles. The molecule has 4 aromatic rings. The quantitative estimate of drug-likeness (QED) is 0.477. The molecule has 0 bridgehead atoms. The van der Waals surface area contributed by atoms with Gasteiger partial charge in [0, 0.05) is 29.4 Å². The van der Waals surface area contributed by atoms with Gasteiger partial charge in [-0.25, -0.2) is 9.97 Å². The van der Waals surface area contributed by atoms with E-state index in [0.29, 0.717) is 6.61 Å². The Morgan fingerprint density at radius 1 is 0.833 bits per heavy atom. The van der Waals surface area contributed by atoms with Gasteiger partial charge in [0.1, 0.15) is 5.75 Å². The van der Waals surface area contributed by atoms with Gasteiger partial charge < -0.3 is 10.5 Å². The number of nitrogen functional groups attached to an aromatic ring is 1. The van der Waals surface area contributed by atoms with Crippen LogP contribution in [-0.4, -0.2) is 21.6 Å². The van der Waals surface area contributed by atoms with Crippen LogP contribution in [0.15, 0.2) is 79.0 Å². The Labute approximate surface area is 176 Å². The first kappa shape index (κ1) is 19.6. The van der Waals surface area contributed by atoms with Gasteiger partial charge in [0.2, 0.25) is 5.95 Å². The molecular formula is C25H24N4O. The van der Waals surface area contributed by atoms with Crippen molar-refractivity contribution >= 4 is 5.95 Å². The first-order valence-electron chi connectivity index (χ1n) is 10.1. The van der Waals surface area contributed by atoms with Crippen LogP contribution in [0.3, 0.4) is 0 Å². The third-order valence-corrected chi connectivity index (χ3v) is 4.88. The third kappa shape index (κ3) is 4.81. The molecule has 2 aromatic heterocycles. The summed E-state index contributed by atoms with van der Waals surface area (Å²) in [4.78, 5) is 13.2. The Morgan fingerprint density at radius 3 is 2.17 bits per heavy atom. The fraction of sp³-hybridized carbons (Fsp3) is 0.160. The second kappa shape index (κ2) is 9.18. The van der Waals surface area contributed by atoms with Gasteiger partial charge in [0.15, 0.2) is 0 Å². The van der Waals surface area contributed by atoms with Crippen LogP contribution in [0.1, 0.15) is 18.2 Å². The summed E-state index contributed by atoms with van der Waals surface area (Å²) in [5.41, 5.74) is 11.8. The fourth-order valence-electron chi connectivity index (χ4n) is 3.18. The highest BCUT2D eigenvalue weighted by atomic mass is 16.5. The topological polar surface area (TPSA) is 73.9 Å². The van der Waals surface area contributed by atoms with Gasteiger partial charge in [0.05, 0.1) is 18.0 Å². The van der Waals surface area contributed by atoms with E-state index in [1.54, 1.807) is 0 Å². The van der Waals surface area contributed by atoms with Crippen LogP contribution in [0, 0.1) is 0 Å². The summed E-state index contributed by atoms with van der Waals surface area (Å²) in [6.45, 7) is 2.71. The van der Waals surface area contributed by atoms with Crippen LogP contribution >= 0.6 is 0 Å². The zero-order valence-electron chi connectivity index (χ0n) is 17.0. The largest absolute Gasteiger partial charge is 0.493 e. The summed E-state index contributed by atoms with van der Waals surface area (Å²) < 4.78 is 5.88. The monoisotopic (exact) mass is 396 g/mol. The maximum absolute atomic E-state index is 5.95. The summed E-state index contributed by atoms with van der Waals surface area (Å²) in [5.74, 6) is 1.07. The molecule has 0 saturated heterocycles. The van der Waals surface area contributed by atoms with Crippen molar-refractivity contribution in [2.75, 3.05) is 12.3 Å². The van der Waals surface area contributed by atoms with Crippen LogP contribution < -0.4 is 10.5 Å². The van der Waals surface area contributed by atoms with Crippen molar-refractivity contribution in [3.8, 4) is 28.3 Å². The smallest absolute Gasteiger partial charge is 0.221 e. The van der Waals surface area contributed by atoms with E-state index in [0.717, 1.165) is 46.8 Å². The summed E-state index contributed by atoms with van der Waals surface area (Å²) in [6.07, 6.45) is 3.71. The zero-order valence-corrected chi connectivity index (χ0v) is 17.0. The highest BCUT2D eigenvalue weighted by Gasteiger charge is 2.07. The van der Waals surface area contributed by atoms with Gasteiger partial charge in [-0.05, 0) is 48.4 Å². The van der Waals surface area contributed by atoms with Crippen molar-refractivity contribution in [3.63, 3.8) is 0 Å². The summed E-state index contributed by atoms with van der Waals surface area (Å²) in [5, 5.41) is 0. The third-order valence-electron chi connectivity index (χ3n) is 4.88. The minimum atomic E-state index is 0.258. The van der Waals surface area contributed by atoms with Crippen molar-refractivity contribution in [2.45, 2.75) is 19.8 Å². The second-order valence-electron chi connectivity index (χ2n) is 7.00. The number of anilines is 1. The normalized spacial score (nSPS) is 10.7.